The number of hydroxylamine groups is 1. The number of nitrogens with one attached hydrogen (secondary N) is 1. The molecule has 0 unspecified atom stereocenters. The number of aromatic nitrogens is 3. The number of allylic oxidation sites excluding steroid dienone is 1. The first-order chi connectivity index (χ1) is 13.3. The zero-order valence-corrected chi connectivity index (χ0v) is 15.6. The number of benzene rings is 2. The molecule has 0 aliphatic heterocycles. The van der Waals surface area contributed by atoms with Gasteiger partial charge in [-0.15, -0.1) is 16.8 Å². The average Bonchev–Trinajstić information content (AvgIpc) is 3.11. The van der Waals surface area contributed by atoms with Crippen LogP contribution in [0.15, 0.2) is 78.5 Å². The van der Waals surface area contributed by atoms with Crippen LogP contribution in [0.5, 0.6) is 0 Å². The first-order valence-corrected chi connectivity index (χ1v) is 9.43. The molecule has 6 nitrogen and oxygen atoms in total. The molecule has 0 aliphatic rings. The summed E-state index contributed by atoms with van der Waals surface area (Å²) in [5.41, 5.74) is 4.41. The number of carbonyl (C=O) groups excluding carboxylic acids is 1. The maximum atomic E-state index is 12.0. The maximum Gasteiger partial charge on any atom is 0.254 e. The van der Waals surface area contributed by atoms with Crippen LogP contribution < -0.4 is 5.48 Å². The van der Waals surface area contributed by atoms with Gasteiger partial charge in [-0.1, -0.05) is 78.5 Å². The Balaban J connectivity index is 1.56. The van der Waals surface area contributed by atoms with E-state index in [1.807, 2.05) is 65.2 Å². The molecule has 0 saturated carbocycles. The van der Waals surface area contributed by atoms with Gasteiger partial charge in [-0.2, -0.15) is 0 Å². The molecule has 1 heterocycles. The SMILES string of the molecule is C=CCn1c(SCC(=O)NOCc2ccccc2)nnc1-c1ccccc1. The Hall–Kier alpha value is -2.90. The third-order valence-electron chi connectivity index (χ3n) is 3.66. The number of rotatable bonds is 9. The van der Waals surface area contributed by atoms with Crippen LogP contribution in [-0.2, 0) is 22.8 Å². The summed E-state index contributed by atoms with van der Waals surface area (Å²) in [6.45, 7) is 4.67. The predicted octanol–water partition coefficient (Wildman–Crippen LogP) is 3.47. The Morgan fingerprint density at radius 1 is 1.11 bits per heavy atom. The van der Waals surface area contributed by atoms with Crippen molar-refractivity contribution in [1.29, 1.82) is 0 Å². The van der Waals surface area contributed by atoms with Crippen LogP contribution in [0.25, 0.3) is 11.4 Å². The molecule has 0 radical (unpaired) electrons. The topological polar surface area (TPSA) is 69.0 Å². The average molecular weight is 380 g/mol. The van der Waals surface area contributed by atoms with E-state index in [2.05, 4.69) is 22.3 Å². The second-order valence-electron chi connectivity index (χ2n) is 5.66. The number of carbonyl (C=O) groups is 1. The van der Waals surface area contributed by atoms with Gasteiger partial charge in [0.2, 0.25) is 0 Å². The van der Waals surface area contributed by atoms with Crippen LogP contribution >= 0.6 is 11.8 Å². The first kappa shape index (κ1) is 18.9. The van der Waals surface area contributed by atoms with E-state index in [1.54, 1.807) is 6.08 Å². The molecule has 3 aromatic rings. The lowest BCUT2D eigenvalue weighted by Crippen LogP contribution is -2.25. The zero-order chi connectivity index (χ0) is 18.9. The fraction of sp³-hybridized carbons (Fsp3) is 0.150. The predicted molar refractivity (Wildman–Crippen MR) is 106 cm³/mol. The van der Waals surface area contributed by atoms with Gasteiger partial charge in [0.1, 0.15) is 0 Å². The molecule has 1 aromatic heterocycles. The van der Waals surface area contributed by atoms with Crippen LogP contribution in [0.4, 0.5) is 0 Å². The standard InChI is InChI=1S/C20H20N4O2S/c1-2-13-24-19(17-11-7-4-8-12-17)21-22-20(24)27-15-18(25)23-26-14-16-9-5-3-6-10-16/h2-12H,1,13-15H2,(H,23,25). The van der Waals surface area contributed by atoms with Gasteiger partial charge in [-0.05, 0) is 5.56 Å². The molecule has 2 aromatic carbocycles. The van der Waals surface area contributed by atoms with Gasteiger partial charge in [0.15, 0.2) is 11.0 Å². The third kappa shape index (κ3) is 5.29. The van der Waals surface area contributed by atoms with Crippen molar-refractivity contribution in [2.24, 2.45) is 0 Å². The Kier molecular flexibility index (Phi) is 6.78. The van der Waals surface area contributed by atoms with Crippen molar-refractivity contribution in [2.75, 3.05) is 5.75 Å². The van der Waals surface area contributed by atoms with Gasteiger partial charge in [0.25, 0.3) is 5.91 Å². The number of amides is 1. The molecule has 138 valence electrons. The summed E-state index contributed by atoms with van der Waals surface area (Å²) in [5, 5.41) is 9.14. The van der Waals surface area contributed by atoms with Crippen molar-refractivity contribution >= 4 is 17.7 Å². The Bertz CT molecular complexity index is 882. The molecule has 0 bridgehead atoms. The molecule has 1 N–H and O–H groups in total. The number of hydrogen-bond donors (Lipinski definition) is 1. The quantitative estimate of drug-likeness (QED) is 0.350. The van der Waals surface area contributed by atoms with Crippen LogP contribution in [0.1, 0.15) is 5.56 Å². The van der Waals surface area contributed by atoms with Gasteiger partial charge in [-0.25, -0.2) is 5.48 Å². The molecule has 0 spiro atoms. The van der Waals surface area contributed by atoms with Crippen LogP contribution in [-0.4, -0.2) is 26.4 Å². The molecule has 7 heteroatoms. The summed E-state index contributed by atoms with van der Waals surface area (Å²) in [7, 11) is 0. The molecule has 0 saturated heterocycles. The zero-order valence-electron chi connectivity index (χ0n) is 14.7. The van der Waals surface area contributed by atoms with Crippen molar-refractivity contribution in [2.45, 2.75) is 18.3 Å². The molecule has 27 heavy (non-hydrogen) atoms. The van der Waals surface area contributed by atoms with Crippen molar-refractivity contribution in [3.05, 3.63) is 78.9 Å². The molecule has 0 aliphatic carbocycles. The second-order valence-corrected chi connectivity index (χ2v) is 6.60. The van der Waals surface area contributed by atoms with Gasteiger partial charge < -0.3 is 0 Å². The summed E-state index contributed by atoms with van der Waals surface area (Å²) in [6.07, 6.45) is 1.78. The lowest BCUT2D eigenvalue weighted by atomic mass is 10.2. The van der Waals surface area contributed by atoms with Gasteiger partial charge >= 0.3 is 0 Å². The smallest absolute Gasteiger partial charge is 0.254 e. The molecule has 0 atom stereocenters. The fourth-order valence-corrected chi connectivity index (χ4v) is 3.16. The van der Waals surface area contributed by atoms with Gasteiger partial charge in [0.05, 0.1) is 12.4 Å². The minimum atomic E-state index is -0.231. The van der Waals surface area contributed by atoms with Crippen LogP contribution in [0.2, 0.25) is 0 Å². The van der Waals surface area contributed by atoms with E-state index in [0.29, 0.717) is 18.3 Å². The Morgan fingerprint density at radius 3 is 2.52 bits per heavy atom. The summed E-state index contributed by atoms with van der Waals surface area (Å²) < 4.78 is 1.94. The maximum absolute atomic E-state index is 12.0. The number of nitrogens with zero attached hydrogens (tertiary/aromatic N) is 3. The lowest BCUT2D eigenvalue weighted by Gasteiger charge is -2.08. The first-order valence-electron chi connectivity index (χ1n) is 8.45. The lowest BCUT2D eigenvalue weighted by molar-refractivity contribution is -0.131. The highest BCUT2D eigenvalue weighted by molar-refractivity contribution is 7.99. The second kappa shape index (κ2) is 9.70. The van der Waals surface area contributed by atoms with E-state index in [9.17, 15) is 4.79 Å². The van der Waals surface area contributed by atoms with E-state index in [-0.39, 0.29) is 11.7 Å². The summed E-state index contributed by atoms with van der Waals surface area (Å²) in [6, 6.07) is 19.5. The van der Waals surface area contributed by atoms with Crippen LogP contribution in [0.3, 0.4) is 0 Å². The normalized spacial score (nSPS) is 10.5. The Labute approximate surface area is 162 Å². The fourth-order valence-electron chi connectivity index (χ4n) is 2.42. The summed E-state index contributed by atoms with van der Waals surface area (Å²) >= 11 is 1.31. The summed E-state index contributed by atoms with van der Waals surface area (Å²) in [4.78, 5) is 17.3. The monoisotopic (exact) mass is 380 g/mol. The van der Waals surface area contributed by atoms with Gasteiger partial charge in [-0.3, -0.25) is 14.2 Å². The van der Waals surface area contributed by atoms with Crippen molar-refractivity contribution in [3.8, 4) is 11.4 Å². The van der Waals surface area contributed by atoms with E-state index >= 15 is 0 Å². The van der Waals surface area contributed by atoms with E-state index in [4.69, 9.17) is 4.84 Å². The molecular weight excluding hydrogens is 360 g/mol. The number of thioether (sulfide) groups is 1. The molecule has 1 amide bonds. The molecule has 3 rings (SSSR count). The van der Waals surface area contributed by atoms with E-state index in [0.717, 1.165) is 17.0 Å². The summed E-state index contributed by atoms with van der Waals surface area (Å²) in [5.74, 6) is 0.697. The van der Waals surface area contributed by atoms with E-state index < -0.39 is 0 Å². The molecule has 0 fully saturated rings. The highest BCUT2D eigenvalue weighted by Crippen LogP contribution is 2.23. The largest absolute Gasteiger partial charge is 0.298 e. The molecular formula is C20H20N4O2S. The number of hydrogen-bond acceptors (Lipinski definition) is 5. The highest BCUT2D eigenvalue weighted by Gasteiger charge is 2.14. The van der Waals surface area contributed by atoms with Crippen molar-refractivity contribution < 1.29 is 9.63 Å². The Morgan fingerprint density at radius 2 is 1.81 bits per heavy atom. The minimum Gasteiger partial charge on any atom is -0.298 e. The van der Waals surface area contributed by atoms with Crippen LogP contribution in [0, 0.1) is 0 Å². The van der Waals surface area contributed by atoms with Crippen molar-refractivity contribution in [3.63, 3.8) is 0 Å². The van der Waals surface area contributed by atoms with Gasteiger partial charge in [0, 0.05) is 12.1 Å². The minimum absolute atomic E-state index is 0.179. The highest BCUT2D eigenvalue weighted by atomic mass is 32.2. The van der Waals surface area contributed by atoms with Crippen molar-refractivity contribution in [1.82, 2.24) is 20.2 Å². The van der Waals surface area contributed by atoms with E-state index in [1.165, 1.54) is 11.8 Å². The third-order valence-corrected chi connectivity index (χ3v) is 4.63.